The molecule has 2 heterocycles. The van der Waals surface area contributed by atoms with Gasteiger partial charge in [-0.15, -0.1) is 0 Å². The van der Waals surface area contributed by atoms with Crippen LogP contribution in [-0.2, 0) is 21.1 Å². The van der Waals surface area contributed by atoms with Crippen molar-refractivity contribution in [1.29, 1.82) is 0 Å². The van der Waals surface area contributed by atoms with Gasteiger partial charge in [0.05, 0.1) is 22.4 Å². The predicted octanol–water partition coefficient (Wildman–Crippen LogP) is 5.67. The van der Waals surface area contributed by atoms with Crippen molar-refractivity contribution in [3.63, 3.8) is 0 Å². The van der Waals surface area contributed by atoms with E-state index in [0.717, 1.165) is 28.0 Å². The zero-order valence-electron chi connectivity index (χ0n) is 21.8. The second kappa shape index (κ2) is 10.8. The summed E-state index contributed by atoms with van der Waals surface area (Å²) in [7, 11) is -3.92. The van der Waals surface area contributed by atoms with Gasteiger partial charge in [0.1, 0.15) is 4.21 Å². The number of nitrogens with zero attached hydrogens (tertiary/aromatic N) is 3. The number of allylic oxidation sites excluding steroid dienone is 2. The van der Waals surface area contributed by atoms with Crippen LogP contribution in [0.3, 0.4) is 0 Å². The fraction of sp³-hybridized carbons (Fsp3) is 0.241. The number of nitro groups is 1. The van der Waals surface area contributed by atoms with Gasteiger partial charge in [-0.3, -0.25) is 19.8 Å². The van der Waals surface area contributed by atoms with Crippen molar-refractivity contribution in [2.24, 2.45) is 0 Å². The Hall–Kier alpha value is -4.09. The molecule has 0 spiro atoms. The summed E-state index contributed by atoms with van der Waals surface area (Å²) in [5, 5.41) is 21.2. The molecule has 2 aromatic carbocycles. The van der Waals surface area contributed by atoms with Crippen LogP contribution >= 0.6 is 11.3 Å². The Morgan fingerprint density at radius 3 is 2.45 bits per heavy atom. The number of amides is 1. The van der Waals surface area contributed by atoms with Crippen LogP contribution in [0.15, 0.2) is 100 Å². The number of aliphatic hydroxyl groups excluding tert-OH is 1. The standard InChI is InChI=1S/C29H27N3O6S2/c1-18(2)20-8-10-21(11-9-20)26-24(16-19-6-4-3-5-7-19)27(33)28(34)31(26)29-30-17-25(39-29)40(37,38)23-14-12-22(13-15-23)32(35)36/h3-14,17-18,23,26,33H,15-16H2,1-2H3. The molecule has 40 heavy (non-hydrogen) atoms. The molecule has 1 aliphatic carbocycles. The van der Waals surface area contributed by atoms with Gasteiger partial charge in [-0.25, -0.2) is 13.4 Å². The van der Waals surface area contributed by atoms with E-state index in [1.165, 1.54) is 29.3 Å². The van der Waals surface area contributed by atoms with Crippen LogP contribution in [0.5, 0.6) is 0 Å². The molecule has 1 aliphatic heterocycles. The van der Waals surface area contributed by atoms with Gasteiger partial charge in [-0.2, -0.15) is 0 Å². The molecular weight excluding hydrogens is 550 g/mol. The second-order valence-corrected chi connectivity index (χ2v) is 13.4. The minimum absolute atomic E-state index is 0.0422. The van der Waals surface area contributed by atoms with Gasteiger partial charge in [0.25, 0.3) is 11.6 Å². The van der Waals surface area contributed by atoms with Crippen molar-refractivity contribution in [2.75, 3.05) is 4.90 Å². The van der Waals surface area contributed by atoms with Crippen LogP contribution in [0.2, 0.25) is 0 Å². The van der Waals surface area contributed by atoms with Gasteiger partial charge in [0.15, 0.2) is 20.7 Å². The molecule has 2 atom stereocenters. The lowest BCUT2D eigenvalue weighted by molar-refractivity contribution is -0.419. The summed E-state index contributed by atoms with van der Waals surface area (Å²) in [5.41, 5.74) is 3.14. The Bertz CT molecular complexity index is 1650. The minimum Gasteiger partial charge on any atom is -0.503 e. The van der Waals surface area contributed by atoms with Crippen molar-refractivity contribution in [3.05, 3.63) is 123 Å². The Balaban J connectivity index is 1.51. The fourth-order valence-corrected chi connectivity index (χ4v) is 7.73. The lowest BCUT2D eigenvalue weighted by atomic mass is 9.92. The first kappa shape index (κ1) is 27.5. The first-order valence-electron chi connectivity index (χ1n) is 12.7. The Morgan fingerprint density at radius 2 is 1.85 bits per heavy atom. The average Bonchev–Trinajstić information content (AvgIpc) is 3.53. The highest BCUT2D eigenvalue weighted by atomic mass is 32.2. The molecule has 1 aromatic heterocycles. The maximum absolute atomic E-state index is 13.5. The number of aromatic nitrogens is 1. The van der Waals surface area contributed by atoms with Crippen molar-refractivity contribution in [1.82, 2.24) is 4.98 Å². The van der Waals surface area contributed by atoms with Gasteiger partial charge < -0.3 is 5.11 Å². The van der Waals surface area contributed by atoms with Crippen LogP contribution in [0.4, 0.5) is 5.13 Å². The van der Waals surface area contributed by atoms with E-state index in [4.69, 9.17) is 0 Å². The smallest absolute Gasteiger partial charge is 0.295 e. The number of carbonyl (C=O) groups excluding carboxylic acids is 1. The van der Waals surface area contributed by atoms with Gasteiger partial charge in [-0.1, -0.05) is 85.9 Å². The predicted molar refractivity (Wildman–Crippen MR) is 152 cm³/mol. The van der Waals surface area contributed by atoms with Gasteiger partial charge in [0.2, 0.25) is 0 Å². The molecule has 1 amide bonds. The van der Waals surface area contributed by atoms with E-state index in [1.54, 1.807) is 0 Å². The largest absolute Gasteiger partial charge is 0.503 e. The molecule has 0 bridgehead atoms. The zero-order valence-corrected chi connectivity index (χ0v) is 23.4. The summed E-state index contributed by atoms with van der Waals surface area (Å²) >= 11 is 0.838. The molecule has 3 aromatic rings. The van der Waals surface area contributed by atoms with E-state index >= 15 is 0 Å². The van der Waals surface area contributed by atoms with Crippen molar-refractivity contribution >= 4 is 32.2 Å². The molecule has 0 radical (unpaired) electrons. The fourth-order valence-electron chi connectivity index (χ4n) is 4.86. The van der Waals surface area contributed by atoms with Crippen molar-refractivity contribution in [2.45, 2.75) is 48.1 Å². The maximum atomic E-state index is 13.5. The summed E-state index contributed by atoms with van der Waals surface area (Å²) in [6, 6.07) is 16.6. The lowest BCUT2D eigenvalue weighted by Gasteiger charge is -2.25. The zero-order chi connectivity index (χ0) is 28.6. The van der Waals surface area contributed by atoms with Crippen LogP contribution in [0.1, 0.15) is 48.9 Å². The highest BCUT2D eigenvalue weighted by Crippen LogP contribution is 2.44. The molecule has 2 aliphatic rings. The molecule has 11 heteroatoms. The Labute approximate surface area is 235 Å². The summed E-state index contributed by atoms with van der Waals surface area (Å²) in [4.78, 5) is 29.6. The summed E-state index contributed by atoms with van der Waals surface area (Å²) < 4.78 is 26.6. The number of carbonyl (C=O) groups is 1. The molecule has 1 N–H and O–H groups in total. The number of thiazole rings is 1. The molecular formula is C29H27N3O6S2. The van der Waals surface area contributed by atoms with E-state index in [2.05, 4.69) is 18.8 Å². The van der Waals surface area contributed by atoms with Gasteiger partial charge in [0, 0.05) is 11.6 Å². The van der Waals surface area contributed by atoms with E-state index < -0.39 is 32.0 Å². The third-order valence-corrected chi connectivity index (χ3v) is 10.6. The third-order valence-electron chi connectivity index (χ3n) is 7.08. The van der Waals surface area contributed by atoms with Crippen LogP contribution in [0, 0.1) is 10.1 Å². The average molecular weight is 578 g/mol. The van der Waals surface area contributed by atoms with Crippen molar-refractivity contribution in [3.8, 4) is 0 Å². The Morgan fingerprint density at radius 1 is 1.15 bits per heavy atom. The molecule has 0 fully saturated rings. The number of anilines is 1. The first-order valence-corrected chi connectivity index (χ1v) is 15.1. The second-order valence-electron chi connectivity index (χ2n) is 9.96. The quantitative estimate of drug-likeness (QED) is 0.269. The number of hydrogen-bond donors (Lipinski definition) is 1. The number of benzene rings is 2. The number of sulfone groups is 1. The van der Waals surface area contributed by atoms with Gasteiger partial charge in [-0.05, 0) is 41.5 Å². The van der Waals surface area contributed by atoms with Crippen LogP contribution in [0.25, 0.3) is 0 Å². The normalized spacial score (nSPS) is 19.4. The molecule has 0 saturated carbocycles. The monoisotopic (exact) mass is 577 g/mol. The third kappa shape index (κ3) is 5.09. The van der Waals surface area contributed by atoms with Crippen molar-refractivity contribution < 1.29 is 23.2 Å². The number of rotatable bonds is 8. The number of hydrogen-bond acceptors (Lipinski definition) is 8. The summed E-state index contributed by atoms with van der Waals surface area (Å²) in [6.07, 6.45) is 5.25. The van der Waals surface area contributed by atoms with E-state index in [0.29, 0.717) is 17.9 Å². The maximum Gasteiger partial charge on any atom is 0.295 e. The van der Waals surface area contributed by atoms with E-state index in [1.807, 2.05) is 54.6 Å². The topological polar surface area (TPSA) is 131 Å². The van der Waals surface area contributed by atoms with E-state index in [9.17, 15) is 28.4 Å². The van der Waals surface area contributed by atoms with E-state index in [-0.39, 0.29) is 27.2 Å². The van der Waals surface area contributed by atoms with Crippen LogP contribution in [-0.4, -0.2) is 34.6 Å². The summed E-state index contributed by atoms with van der Waals surface area (Å²) in [5.74, 6) is -0.729. The van der Waals surface area contributed by atoms with Gasteiger partial charge >= 0.3 is 0 Å². The molecule has 2 unspecified atom stereocenters. The summed E-state index contributed by atoms with van der Waals surface area (Å²) in [6.45, 7) is 4.17. The molecule has 5 rings (SSSR count). The Kier molecular flexibility index (Phi) is 7.43. The number of aliphatic hydroxyl groups is 1. The highest BCUT2D eigenvalue weighted by molar-refractivity contribution is 7.94. The highest BCUT2D eigenvalue weighted by Gasteiger charge is 2.43. The molecule has 0 saturated heterocycles. The molecule has 206 valence electrons. The SMILES string of the molecule is CC(C)c1ccc(C2C(Cc3ccccc3)=C(O)C(=O)N2c2ncc(S(=O)(=O)C3C=CC([N+](=O)[O-])=CC3)s2)cc1. The van der Waals surface area contributed by atoms with Crippen LogP contribution < -0.4 is 4.90 Å². The lowest BCUT2D eigenvalue weighted by Crippen LogP contribution is -2.30. The first-order chi connectivity index (χ1) is 19.1. The minimum atomic E-state index is -3.92. The molecule has 9 nitrogen and oxygen atoms in total.